The van der Waals surface area contributed by atoms with E-state index in [1.54, 1.807) is 17.4 Å². The third-order valence-electron chi connectivity index (χ3n) is 1.62. The van der Waals surface area contributed by atoms with E-state index < -0.39 is 0 Å². The van der Waals surface area contributed by atoms with Crippen molar-refractivity contribution in [3.05, 3.63) is 35.3 Å². The van der Waals surface area contributed by atoms with Crippen LogP contribution in [0.25, 0.3) is 10.6 Å². The van der Waals surface area contributed by atoms with Crippen LogP contribution in [0.5, 0.6) is 0 Å². The molecule has 0 atom stereocenters. The van der Waals surface area contributed by atoms with Crippen LogP contribution in [-0.4, -0.2) is 11.3 Å². The highest BCUT2D eigenvalue weighted by Crippen LogP contribution is 2.22. The fourth-order valence-electron chi connectivity index (χ4n) is 1.06. The molecule has 2 aromatic rings. The predicted molar refractivity (Wildman–Crippen MR) is 49.5 cm³/mol. The second-order valence-electron chi connectivity index (χ2n) is 2.42. The quantitative estimate of drug-likeness (QED) is 0.702. The highest BCUT2D eigenvalue weighted by molar-refractivity contribution is 7.13. The number of aromatic amines is 1. The van der Waals surface area contributed by atoms with E-state index in [1.165, 1.54) is 0 Å². The van der Waals surface area contributed by atoms with Crippen molar-refractivity contribution in [3.8, 4) is 10.6 Å². The number of hydrogen-bond acceptors (Lipinski definition) is 2. The first-order valence-electron chi connectivity index (χ1n) is 3.58. The average Bonchev–Trinajstić information content (AvgIpc) is 2.75. The minimum absolute atomic E-state index is 0.624. The summed E-state index contributed by atoms with van der Waals surface area (Å²) < 4.78 is 0. The lowest BCUT2D eigenvalue weighted by Gasteiger charge is -1.88. The highest BCUT2D eigenvalue weighted by atomic mass is 32.1. The van der Waals surface area contributed by atoms with Crippen LogP contribution in [0.1, 0.15) is 10.5 Å². The Hall–Kier alpha value is -1.35. The number of carbonyl (C=O) groups is 1. The fraction of sp³-hybridized carbons (Fsp3) is 0. The Bertz CT molecular complexity index is 375. The Morgan fingerprint density at radius 2 is 2.25 bits per heavy atom. The van der Waals surface area contributed by atoms with Crippen LogP contribution in [0.3, 0.4) is 0 Å². The van der Waals surface area contributed by atoms with Crippen molar-refractivity contribution in [2.24, 2.45) is 0 Å². The molecule has 0 saturated heterocycles. The summed E-state index contributed by atoms with van der Waals surface area (Å²) >= 11 is 1.65. The van der Waals surface area contributed by atoms with E-state index in [-0.39, 0.29) is 0 Å². The van der Waals surface area contributed by atoms with E-state index in [9.17, 15) is 4.79 Å². The summed E-state index contributed by atoms with van der Waals surface area (Å²) in [5, 5.41) is 2.01. The first-order valence-corrected chi connectivity index (χ1v) is 4.46. The zero-order valence-electron chi connectivity index (χ0n) is 6.28. The van der Waals surface area contributed by atoms with Gasteiger partial charge in [-0.05, 0) is 23.6 Å². The number of rotatable bonds is 2. The molecule has 0 aliphatic heterocycles. The fourth-order valence-corrected chi connectivity index (χ4v) is 1.76. The lowest BCUT2D eigenvalue weighted by molar-refractivity contribution is 0.111. The Morgan fingerprint density at radius 1 is 1.33 bits per heavy atom. The molecule has 0 fully saturated rings. The summed E-state index contributed by atoms with van der Waals surface area (Å²) in [5.74, 6) is 0. The normalized spacial score (nSPS) is 10.0. The molecule has 0 bridgehead atoms. The second-order valence-corrected chi connectivity index (χ2v) is 3.37. The molecule has 0 unspecified atom stereocenters. The van der Waals surface area contributed by atoms with Crippen molar-refractivity contribution in [2.45, 2.75) is 0 Å². The molecule has 0 aliphatic rings. The highest BCUT2D eigenvalue weighted by Gasteiger charge is 2.00. The zero-order chi connectivity index (χ0) is 8.39. The van der Waals surface area contributed by atoms with Crippen molar-refractivity contribution in [1.82, 2.24) is 4.98 Å². The molecule has 0 saturated carbocycles. The van der Waals surface area contributed by atoms with Crippen molar-refractivity contribution in [1.29, 1.82) is 0 Å². The molecule has 0 amide bonds. The molecule has 0 radical (unpaired) electrons. The van der Waals surface area contributed by atoms with Gasteiger partial charge in [0.25, 0.3) is 0 Å². The van der Waals surface area contributed by atoms with Gasteiger partial charge in [0.1, 0.15) is 0 Å². The van der Waals surface area contributed by atoms with Gasteiger partial charge in [-0.1, -0.05) is 6.07 Å². The van der Waals surface area contributed by atoms with Gasteiger partial charge < -0.3 is 4.98 Å². The molecule has 12 heavy (non-hydrogen) atoms. The third kappa shape index (κ3) is 1.19. The molecule has 1 N–H and O–H groups in total. The molecule has 0 aliphatic carbocycles. The molecule has 2 rings (SSSR count). The number of H-pyrrole nitrogens is 1. The maximum atomic E-state index is 10.4. The van der Waals surface area contributed by atoms with Gasteiger partial charge in [0.05, 0.1) is 16.3 Å². The van der Waals surface area contributed by atoms with Gasteiger partial charge in [-0.2, -0.15) is 0 Å². The van der Waals surface area contributed by atoms with E-state index in [2.05, 4.69) is 4.98 Å². The lowest BCUT2D eigenvalue weighted by atomic mass is 10.3. The van der Waals surface area contributed by atoms with E-state index in [4.69, 9.17) is 0 Å². The number of thiophene rings is 1. The van der Waals surface area contributed by atoms with Crippen LogP contribution in [0.15, 0.2) is 29.6 Å². The summed E-state index contributed by atoms with van der Waals surface area (Å²) in [6.07, 6.45) is 0.817. The molecular weight excluding hydrogens is 170 g/mol. The van der Waals surface area contributed by atoms with Crippen molar-refractivity contribution in [3.63, 3.8) is 0 Å². The van der Waals surface area contributed by atoms with Crippen LogP contribution < -0.4 is 0 Å². The van der Waals surface area contributed by atoms with Crippen molar-refractivity contribution in [2.75, 3.05) is 0 Å². The van der Waals surface area contributed by atoms with E-state index in [0.717, 1.165) is 16.9 Å². The number of nitrogens with one attached hydrogen (secondary N) is 1. The van der Waals surface area contributed by atoms with Gasteiger partial charge in [-0.15, -0.1) is 11.3 Å². The molecule has 3 heteroatoms. The third-order valence-corrected chi connectivity index (χ3v) is 2.53. The maximum Gasteiger partial charge on any atom is 0.166 e. The monoisotopic (exact) mass is 177 g/mol. The summed E-state index contributed by atoms with van der Waals surface area (Å²) in [5.41, 5.74) is 1.63. The first kappa shape index (κ1) is 7.31. The summed E-state index contributed by atoms with van der Waals surface area (Å²) in [6.45, 7) is 0. The van der Waals surface area contributed by atoms with Crippen LogP contribution >= 0.6 is 11.3 Å². The first-order chi connectivity index (χ1) is 5.90. The van der Waals surface area contributed by atoms with Crippen molar-refractivity contribution < 1.29 is 4.79 Å². The maximum absolute atomic E-state index is 10.4. The smallest absolute Gasteiger partial charge is 0.166 e. The predicted octanol–water partition coefficient (Wildman–Crippen LogP) is 2.56. The van der Waals surface area contributed by atoms with E-state index in [0.29, 0.717) is 5.69 Å². The molecule has 2 aromatic heterocycles. The average molecular weight is 177 g/mol. The largest absolute Gasteiger partial charge is 0.352 e. The minimum Gasteiger partial charge on any atom is -0.352 e. The van der Waals surface area contributed by atoms with Crippen LogP contribution in [0.4, 0.5) is 0 Å². The second kappa shape index (κ2) is 2.95. The molecule has 0 spiro atoms. The Labute approximate surface area is 73.9 Å². The van der Waals surface area contributed by atoms with Crippen molar-refractivity contribution >= 4 is 17.6 Å². The van der Waals surface area contributed by atoms with Gasteiger partial charge in [0, 0.05) is 0 Å². The number of aldehydes is 1. The summed E-state index contributed by atoms with van der Waals surface area (Å²) in [4.78, 5) is 14.5. The van der Waals surface area contributed by atoms with Crippen LogP contribution in [-0.2, 0) is 0 Å². The van der Waals surface area contributed by atoms with Crippen LogP contribution in [0.2, 0.25) is 0 Å². The van der Waals surface area contributed by atoms with Gasteiger partial charge in [0.2, 0.25) is 0 Å². The lowest BCUT2D eigenvalue weighted by Crippen LogP contribution is -1.77. The number of carbonyl (C=O) groups excluding carboxylic acids is 1. The van der Waals surface area contributed by atoms with Gasteiger partial charge >= 0.3 is 0 Å². The Balaban J connectivity index is 2.41. The molecule has 0 aromatic carbocycles. The topological polar surface area (TPSA) is 32.9 Å². The summed E-state index contributed by atoms with van der Waals surface area (Å²) in [7, 11) is 0. The Morgan fingerprint density at radius 3 is 2.83 bits per heavy atom. The molecular formula is C9H7NOS. The minimum atomic E-state index is 0.624. The number of hydrogen-bond donors (Lipinski definition) is 1. The van der Waals surface area contributed by atoms with Gasteiger partial charge in [-0.3, -0.25) is 4.79 Å². The number of aromatic nitrogens is 1. The van der Waals surface area contributed by atoms with E-state index >= 15 is 0 Å². The SMILES string of the molecule is O=Cc1ccc(-c2cccs2)[nH]1. The molecule has 2 nitrogen and oxygen atoms in total. The molecule has 2 heterocycles. The summed E-state index contributed by atoms with van der Waals surface area (Å²) in [6, 6.07) is 7.70. The standard InChI is InChI=1S/C9H7NOS/c11-6-7-3-4-8(10-7)9-2-1-5-12-9/h1-6,10H. The van der Waals surface area contributed by atoms with E-state index in [1.807, 2.05) is 23.6 Å². The van der Waals surface area contributed by atoms with Crippen LogP contribution in [0, 0.1) is 0 Å². The zero-order valence-corrected chi connectivity index (χ0v) is 7.10. The molecule has 60 valence electrons. The van der Waals surface area contributed by atoms with Gasteiger partial charge in [0.15, 0.2) is 6.29 Å². The Kier molecular flexibility index (Phi) is 1.80. The van der Waals surface area contributed by atoms with Gasteiger partial charge in [-0.25, -0.2) is 0 Å².